The average molecular weight is 272 g/mol. The number of aliphatic hydroxyl groups excluding tert-OH is 1. The molecular formula is C16H20N2O2. The highest BCUT2D eigenvalue weighted by Gasteiger charge is 2.20. The Kier molecular flexibility index (Phi) is 3.74. The first-order chi connectivity index (χ1) is 9.72. The van der Waals surface area contributed by atoms with Crippen molar-refractivity contribution >= 4 is 16.6 Å². The molecule has 1 heterocycles. The third kappa shape index (κ3) is 2.85. The van der Waals surface area contributed by atoms with Gasteiger partial charge >= 0.3 is 0 Å². The van der Waals surface area contributed by atoms with Crippen molar-refractivity contribution in [1.82, 2.24) is 4.98 Å². The van der Waals surface area contributed by atoms with E-state index in [9.17, 15) is 10.2 Å². The van der Waals surface area contributed by atoms with E-state index in [-0.39, 0.29) is 11.9 Å². The fraction of sp³-hybridized carbons (Fsp3) is 0.438. The van der Waals surface area contributed by atoms with E-state index in [4.69, 9.17) is 0 Å². The Bertz CT molecular complexity index is 600. The predicted octanol–water partition coefficient (Wildman–Crippen LogP) is 2.90. The van der Waals surface area contributed by atoms with Gasteiger partial charge in [0, 0.05) is 18.1 Å². The van der Waals surface area contributed by atoms with Gasteiger partial charge in [-0.1, -0.05) is 12.5 Å². The predicted molar refractivity (Wildman–Crippen MR) is 79.9 cm³/mol. The van der Waals surface area contributed by atoms with E-state index in [2.05, 4.69) is 10.3 Å². The smallest absolute Gasteiger partial charge is 0.133 e. The zero-order chi connectivity index (χ0) is 13.9. The van der Waals surface area contributed by atoms with Crippen LogP contribution in [0.2, 0.25) is 0 Å². The summed E-state index contributed by atoms with van der Waals surface area (Å²) in [6.45, 7) is 0.818. The Morgan fingerprint density at radius 3 is 3.00 bits per heavy atom. The van der Waals surface area contributed by atoms with Crippen LogP contribution in [0.1, 0.15) is 25.7 Å². The molecule has 0 spiro atoms. The van der Waals surface area contributed by atoms with E-state index < -0.39 is 0 Å². The summed E-state index contributed by atoms with van der Waals surface area (Å²) in [6.07, 6.45) is 5.66. The van der Waals surface area contributed by atoms with Gasteiger partial charge in [0.25, 0.3) is 0 Å². The SMILES string of the molecule is Oc1ccc2ccnc(NCC3CCCC(O)C3)c2c1. The number of benzene rings is 1. The number of anilines is 1. The van der Waals surface area contributed by atoms with Gasteiger partial charge in [-0.25, -0.2) is 4.98 Å². The second-order valence-electron chi connectivity index (χ2n) is 5.63. The number of fused-ring (bicyclic) bond motifs is 1. The first-order valence-electron chi connectivity index (χ1n) is 7.22. The minimum atomic E-state index is -0.153. The maximum atomic E-state index is 9.71. The Hall–Kier alpha value is -1.81. The van der Waals surface area contributed by atoms with Crippen LogP contribution in [0.15, 0.2) is 30.5 Å². The third-order valence-electron chi connectivity index (χ3n) is 4.06. The number of aromatic nitrogens is 1. The molecule has 1 aliphatic rings. The number of phenolic OH excluding ortho intramolecular Hbond substituents is 1. The second-order valence-corrected chi connectivity index (χ2v) is 5.63. The van der Waals surface area contributed by atoms with E-state index in [1.54, 1.807) is 18.3 Å². The van der Waals surface area contributed by atoms with Crippen LogP contribution in [0.4, 0.5) is 5.82 Å². The quantitative estimate of drug-likeness (QED) is 0.804. The van der Waals surface area contributed by atoms with Crippen molar-refractivity contribution in [3.05, 3.63) is 30.5 Å². The molecule has 3 rings (SSSR count). The molecule has 1 saturated carbocycles. The number of hydrogen-bond donors (Lipinski definition) is 3. The molecule has 0 amide bonds. The fourth-order valence-corrected chi connectivity index (χ4v) is 2.99. The van der Waals surface area contributed by atoms with Crippen molar-refractivity contribution in [1.29, 1.82) is 0 Å². The van der Waals surface area contributed by atoms with Crippen molar-refractivity contribution < 1.29 is 10.2 Å². The summed E-state index contributed by atoms with van der Waals surface area (Å²) < 4.78 is 0. The zero-order valence-electron chi connectivity index (χ0n) is 11.4. The molecule has 2 aromatic rings. The summed E-state index contributed by atoms with van der Waals surface area (Å²) >= 11 is 0. The van der Waals surface area contributed by atoms with Crippen molar-refractivity contribution in [2.45, 2.75) is 31.8 Å². The van der Waals surface area contributed by atoms with Gasteiger partial charge in [-0.05, 0) is 48.8 Å². The van der Waals surface area contributed by atoms with Gasteiger partial charge in [0.2, 0.25) is 0 Å². The van der Waals surface area contributed by atoms with E-state index in [1.165, 1.54) is 0 Å². The van der Waals surface area contributed by atoms with Crippen molar-refractivity contribution in [3.63, 3.8) is 0 Å². The Morgan fingerprint density at radius 2 is 2.15 bits per heavy atom. The molecular weight excluding hydrogens is 252 g/mol. The monoisotopic (exact) mass is 272 g/mol. The first-order valence-corrected chi connectivity index (χ1v) is 7.22. The van der Waals surface area contributed by atoms with Crippen LogP contribution < -0.4 is 5.32 Å². The van der Waals surface area contributed by atoms with Gasteiger partial charge in [-0.15, -0.1) is 0 Å². The lowest BCUT2D eigenvalue weighted by Gasteiger charge is -2.26. The maximum Gasteiger partial charge on any atom is 0.133 e. The molecule has 0 aliphatic heterocycles. The summed E-state index contributed by atoms with van der Waals surface area (Å²) in [5, 5.41) is 24.7. The Balaban J connectivity index is 1.75. The lowest BCUT2D eigenvalue weighted by atomic mass is 9.87. The molecule has 1 aliphatic carbocycles. The third-order valence-corrected chi connectivity index (χ3v) is 4.06. The highest BCUT2D eigenvalue weighted by molar-refractivity contribution is 5.92. The minimum absolute atomic E-state index is 0.153. The average Bonchev–Trinajstić information content (AvgIpc) is 2.45. The Morgan fingerprint density at radius 1 is 1.25 bits per heavy atom. The number of aliphatic hydroxyl groups is 1. The Labute approximate surface area is 118 Å². The van der Waals surface area contributed by atoms with Crippen LogP contribution in [0, 0.1) is 5.92 Å². The van der Waals surface area contributed by atoms with Crippen molar-refractivity contribution in [3.8, 4) is 5.75 Å². The lowest BCUT2D eigenvalue weighted by Crippen LogP contribution is -2.25. The van der Waals surface area contributed by atoms with Gasteiger partial charge in [-0.3, -0.25) is 0 Å². The van der Waals surface area contributed by atoms with Crippen molar-refractivity contribution in [2.24, 2.45) is 5.92 Å². The molecule has 0 radical (unpaired) electrons. The van der Waals surface area contributed by atoms with E-state index in [1.807, 2.05) is 12.1 Å². The summed E-state index contributed by atoms with van der Waals surface area (Å²) in [5.74, 6) is 1.55. The van der Waals surface area contributed by atoms with Gasteiger partial charge < -0.3 is 15.5 Å². The second kappa shape index (κ2) is 5.67. The molecule has 1 fully saturated rings. The normalized spacial score (nSPS) is 22.9. The molecule has 3 N–H and O–H groups in total. The number of nitrogens with zero attached hydrogens (tertiary/aromatic N) is 1. The minimum Gasteiger partial charge on any atom is -0.508 e. The molecule has 0 bridgehead atoms. The lowest BCUT2D eigenvalue weighted by molar-refractivity contribution is 0.104. The van der Waals surface area contributed by atoms with E-state index in [0.29, 0.717) is 5.92 Å². The summed E-state index contributed by atoms with van der Waals surface area (Å²) in [7, 11) is 0. The van der Waals surface area contributed by atoms with Gasteiger partial charge in [0.15, 0.2) is 0 Å². The van der Waals surface area contributed by atoms with Crippen LogP contribution in [-0.2, 0) is 0 Å². The number of hydrogen-bond acceptors (Lipinski definition) is 4. The van der Waals surface area contributed by atoms with Crippen LogP contribution >= 0.6 is 0 Å². The molecule has 1 aromatic heterocycles. The number of aromatic hydroxyl groups is 1. The maximum absolute atomic E-state index is 9.71. The number of pyridine rings is 1. The molecule has 1 aromatic carbocycles. The topological polar surface area (TPSA) is 65.4 Å². The largest absolute Gasteiger partial charge is 0.508 e. The molecule has 2 atom stereocenters. The van der Waals surface area contributed by atoms with Gasteiger partial charge in [-0.2, -0.15) is 0 Å². The number of nitrogens with one attached hydrogen (secondary N) is 1. The van der Waals surface area contributed by atoms with Gasteiger partial charge in [0.05, 0.1) is 6.10 Å². The molecule has 0 saturated heterocycles. The van der Waals surface area contributed by atoms with Crippen LogP contribution in [0.25, 0.3) is 10.8 Å². The molecule has 2 unspecified atom stereocenters. The molecule has 4 heteroatoms. The highest BCUT2D eigenvalue weighted by atomic mass is 16.3. The van der Waals surface area contributed by atoms with E-state index in [0.717, 1.165) is 48.8 Å². The standard InChI is InChI=1S/C16H20N2O2/c19-13-3-1-2-11(8-13)10-18-16-15-9-14(20)5-4-12(15)6-7-17-16/h4-7,9,11,13,19-20H,1-3,8,10H2,(H,17,18). The first kappa shape index (κ1) is 13.2. The summed E-state index contributed by atoms with van der Waals surface area (Å²) in [5.41, 5.74) is 0. The van der Waals surface area contributed by atoms with Gasteiger partial charge in [0.1, 0.15) is 11.6 Å². The van der Waals surface area contributed by atoms with E-state index >= 15 is 0 Å². The fourth-order valence-electron chi connectivity index (χ4n) is 2.99. The number of phenols is 1. The van der Waals surface area contributed by atoms with Crippen molar-refractivity contribution in [2.75, 3.05) is 11.9 Å². The van der Waals surface area contributed by atoms with Crippen LogP contribution in [-0.4, -0.2) is 27.8 Å². The number of rotatable bonds is 3. The zero-order valence-corrected chi connectivity index (χ0v) is 11.4. The summed E-state index contributed by atoms with van der Waals surface area (Å²) in [6, 6.07) is 7.25. The van der Waals surface area contributed by atoms with Crippen LogP contribution in [0.3, 0.4) is 0 Å². The molecule has 106 valence electrons. The molecule has 20 heavy (non-hydrogen) atoms. The highest BCUT2D eigenvalue weighted by Crippen LogP contribution is 2.27. The summed E-state index contributed by atoms with van der Waals surface area (Å²) in [4.78, 5) is 4.37. The van der Waals surface area contributed by atoms with Crippen LogP contribution in [0.5, 0.6) is 5.75 Å². The molecule has 4 nitrogen and oxygen atoms in total.